The average Bonchev–Trinajstić information content (AvgIpc) is 2.93. The van der Waals surface area contributed by atoms with Gasteiger partial charge in [-0.05, 0) is 31.4 Å². The van der Waals surface area contributed by atoms with Gasteiger partial charge in [-0.1, -0.05) is 44.7 Å². The van der Waals surface area contributed by atoms with E-state index < -0.39 is 0 Å². The molecule has 1 saturated carbocycles. The summed E-state index contributed by atoms with van der Waals surface area (Å²) in [6, 6.07) is 8.54. The van der Waals surface area contributed by atoms with Crippen LogP contribution >= 0.6 is 24.8 Å². The number of nitrogens with zero attached hydrogens (tertiary/aromatic N) is 2. The van der Waals surface area contributed by atoms with Crippen LogP contribution in [0.5, 0.6) is 0 Å². The minimum Gasteiger partial charge on any atom is -0.329 e. The Labute approximate surface area is 151 Å². The molecule has 3 rings (SSSR count). The number of benzene rings is 1. The van der Waals surface area contributed by atoms with Crippen molar-refractivity contribution in [3.05, 3.63) is 30.1 Å². The molecule has 2 aromatic rings. The fourth-order valence-electron chi connectivity index (χ4n) is 3.77. The van der Waals surface area contributed by atoms with Gasteiger partial charge in [-0.3, -0.25) is 0 Å². The largest absolute Gasteiger partial charge is 0.329 e. The lowest BCUT2D eigenvalue weighted by atomic mass is 9.73. The van der Waals surface area contributed by atoms with E-state index in [1.165, 1.54) is 56.3 Å². The van der Waals surface area contributed by atoms with Gasteiger partial charge in [0.2, 0.25) is 0 Å². The number of para-hydroxylation sites is 2. The molecule has 23 heavy (non-hydrogen) atoms. The maximum atomic E-state index is 6.24. The fourth-order valence-corrected chi connectivity index (χ4v) is 3.77. The Morgan fingerprint density at radius 2 is 1.83 bits per heavy atom. The van der Waals surface area contributed by atoms with Gasteiger partial charge in [0, 0.05) is 18.5 Å². The molecule has 0 bridgehead atoms. The van der Waals surface area contributed by atoms with Gasteiger partial charge in [-0.15, -0.1) is 24.8 Å². The predicted octanol–water partition coefficient (Wildman–Crippen LogP) is 4.84. The normalized spacial score (nSPS) is 16.6. The Bertz CT molecular complexity index is 603. The van der Waals surface area contributed by atoms with Gasteiger partial charge in [0.05, 0.1) is 11.0 Å². The maximum Gasteiger partial charge on any atom is 0.117 e. The zero-order valence-corrected chi connectivity index (χ0v) is 15.6. The first-order valence-corrected chi connectivity index (χ1v) is 8.46. The highest BCUT2D eigenvalue weighted by Crippen LogP contribution is 2.39. The highest BCUT2D eigenvalue weighted by Gasteiger charge is 2.37. The van der Waals surface area contributed by atoms with Gasteiger partial charge in [0.1, 0.15) is 5.82 Å². The quantitative estimate of drug-likeness (QED) is 0.831. The number of halogens is 2. The summed E-state index contributed by atoms with van der Waals surface area (Å²) in [5, 5.41) is 0. The summed E-state index contributed by atoms with van der Waals surface area (Å²) in [7, 11) is 0. The second-order valence-electron chi connectivity index (χ2n) is 6.47. The van der Waals surface area contributed by atoms with Crippen molar-refractivity contribution in [1.82, 2.24) is 9.55 Å². The van der Waals surface area contributed by atoms with Crippen LogP contribution in [-0.2, 0) is 12.0 Å². The standard InChI is InChI=1S/C18H27N3.2ClH/c1-2-3-13-21-16-10-6-5-9-15(16)20-17(21)18(14-19)11-7-4-8-12-18;;/h5-6,9-10H,2-4,7-8,11-14,19H2,1H3;2*1H. The summed E-state index contributed by atoms with van der Waals surface area (Å²) < 4.78 is 2.46. The molecule has 3 nitrogen and oxygen atoms in total. The van der Waals surface area contributed by atoms with Gasteiger partial charge >= 0.3 is 0 Å². The summed E-state index contributed by atoms with van der Waals surface area (Å²) >= 11 is 0. The number of aromatic nitrogens is 2. The van der Waals surface area contributed by atoms with Crippen molar-refractivity contribution in [3.8, 4) is 0 Å². The number of hydrogen-bond acceptors (Lipinski definition) is 2. The van der Waals surface area contributed by atoms with Crippen molar-refractivity contribution in [2.75, 3.05) is 6.54 Å². The number of hydrogen-bond donors (Lipinski definition) is 1. The van der Waals surface area contributed by atoms with E-state index in [4.69, 9.17) is 10.7 Å². The van der Waals surface area contributed by atoms with Crippen molar-refractivity contribution in [2.24, 2.45) is 5.73 Å². The van der Waals surface area contributed by atoms with Crippen molar-refractivity contribution in [2.45, 2.75) is 63.8 Å². The minimum atomic E-state index is 0. The SMILES string of the molecule is CCCCn1c(C2(CN)CCCCC2)nc2ccccc21.Cl.Cl. The van der Waals surface area contributed by atoms with Crippen LogP contribution in [0.2, 0.25) is 0 Å². The number of aryl methyl sites for hydroxylation is 1. The highest BCUT2D eigenvalue weighted by molar-refractivity contribution is 5.85. The van der Waals surface area contributed by atoms with Crippen molar-refractivity contribution >= 4 is 35.8 Å². The van der Waals surface area contributed by atoms with Crippen LogP contribution in [0.25, 0.3) is 11.0 Å². The number of fused-ring (bicyclic) bond motifs is 1. The first-order chi connectivity index (χ1) is 10.3. The predicted molar refractivity (Wildman–Crippen MR) is 103 cm³/mol. The van der Waals surface area contributed by atoms with Crippen molar-refractivity contribution in [1.29, 1.82) is 0 Å². The molecule has 1 aromatic heterocycles. The van der Waals surface area contributed by atoms with Gasteiger partial charge < -0.3 is 10.3 Å². The summed E-state index contributed by atoms with van der Waals surface area (Å²) in [5.74, 6) is 1.25. The monoisotopic (exact) mass is 357 g/mol. The van der Waals surface area contributed by atoms with Crippen LogP contribution in [0.1, 0.15) is 57.7 Å². The lowest BCUT2D eigenvalue weighted by Crippen LogP contribution is -2.39. The molecule has 0 atom stereocenters. The zero-order chi connectivity index (χ0) is 14.7. The van der Waals surface area contributed by atoms with E-state index in [0.717, 1.165) is 18.6 Å². The molecule has 130 valence electrons. The molecule has 0 spiro atoms. The molecule has 2 N–H and O–H groups in total. The van der Waals surface area contributed by atoms with Crippen LogP contribution in [0, 0.1) is 0 Å². The number of imidazole rings is 1. The molecule has 0 radical (unpaired) electrons. The summed E-state index contributed by atoms with van der Waals surface area (Å²) in [6.07, 6.45) is 8.72. The van der Waals surface area contributed by atoms with Crippen molar-refractivity contribution in [3.63, 3.8) is 0 Å². The smallest absolute Gasteiger partial charge is 0.117 e. The average molecular weight is 358 g/mol. The van der Waals surface area contributed by atoms with Crippen LogP contribution < -0.4 is 5.73 Å². The van der Waals surface area contributed by atoms with E-state index in [-0.39, 0.29) is 30.2 Å². The van der Waals surface area contributed by atoms with E-state index in [9.17, 15) is 0 Å². The molecular formula is C18H29Cl2N3. The van der Waals surface area contributed by atoms with E-state index in [0.29, 0.717) is 0 Å². The molecule has 0 aliphatic heterocycles. The number of unbranched alkanes of at least 4 members (excludes halogenated alkanes) is 1. The van der Waals surface area contributed by atoms with Gasteiger partial charge in [0.25, 0.3) is 0 Å². The minimum absolute atomic E-state index is 0. The summed E-state index contributed by atoms with van der Waals surface area (Å²) in [5.41, 5.74) is 8.74. The molecule has 1 aliphatic carbocycles. The third-order valence-corrected chi connectivity index (χ3v) is 5.07. The highest BCUT2D eigenvalue weighted by atomic mass is 35.5. The Hall–Kier alpha value is -0.770. The molecule has 5 heteroatoms. The van der Waals surface area contributed by atoms with Crippen LogP contribution in [0.4, 0.5) is 0 Å². The molecule has 0 amide bonds. The van der Waals surface area contributed by atoms with Gasteiger partial charge in [-0.2, -0.15) is 0 Å². The Balaban J connectivity index is 0.00000132. The second kappa shape index (κ2) is 8.91. The van der Waals surface area contributed by atoms with Crippen LogP contribution in [0.3, 0.4) is 0 Å². The Kier molecular flexibility index (Phi) is 7.85. The van der Waals surface area contributed by atoms with Crippen LogP contribution in [-0.4, -0.2) is 16.1 Å². The van der Waals surface area contributed by atoms with E-state index in [2.05, 4.69) is 35.8 Å². The summed E-state index contributed by atoms with van der Waals surface area (Å²) in [4.78, 5) is 5.02. The maximum absolute atomic E-state index is 6.24. The van der Waals surface area contributed by atoms with Crippen LogP contribution in [0.15, 0.2) is 24.3 Å². The third kappa shape index (κ3) is 3.84. The molecule has 0 saturated heterocycles. The Morgan fingerprint density at radius 1 is 1.13 bits per heavy atom. The first kappa shape index (κ1) is 20.3. The molecule has 1 fully saturated rings. The third-order valence-electron chi connectivity index (χ3n) is 5.07. The van der Waals surface area contributed by atoms with Gasteiger partial charge in [-0.25, -0.2) is 4.98 Å². The molecule has 1 heterocycles. The Morgan fingerprint density at radius 3 is 2.48 bits per heavy atom. The van der Waals surface area contributed by atoms with E-state index in [1.54, 1.807) is 0 Å². The van der Waals surface area contributed by atoms with E-state index in [1.807, 2.05) is 0 Å². The lowest BCUT2D eigenvalue weighted by molar-refractivity contribution is 0.277. The second-order valence-corrected chi connectivity index (χ2v) is 6.47. The molecular weight excluding hydrogens is 329 g/mol. The summed E-state index contributed by atoms with van der Waals surface area (Å²) in [6.45, 7) is 4.04. The molecule has 1 aliphatic rings. The zero-order valence-electron chi connectivity index (χ0n) is 14.0. The van der Waals surface area contributed by atoms with Gasteiger partial charge in [0.15, 0.2) is 0 Å². The van der Waals surface area contributed by atoms with E-state index >= 15 is 0 Å². The lowest BCUT2D eigenvalue weighted by Gasteiger charge is -2.36. The number of rotatable bonds is 5. The first-order valence-electron chi connectivity index (χ1n) is 8.46. The number of nitrogens with two attached hydrogens (primary N) is 1. The molecule has 0 unspecified atom stereocenters. The topological polar surface area (TPSA) is 43.8 Å². The van der Waals surface area contributed by atoms with Crippen molar-refractivity contribution < 1.29 is 0 Å². The fraction of sp³-hybridized carbons (Fsp3) is 0.611. The molecule has 1 aromatic carbocycles.